The van der Waals surface area contributed by atoms with Crippen LogP contribution in [0, 0.1) is 0 Å². The Bertz CT molecular complexity index is 447. The summed E-state index contributed by atoms with van der Waals surface area (Å²) in [4.78, 5) is 4.28. The predicted molar refractivity (Wildman–Crippen MR) is 61.7 cm³/mol. The highest BCUT2D eigenvalue weighted by atomic mass is 79.9. The van der Waals surface area contributed by atoms with Crippen molar-refractivity contribution < 1.29 is 0 Å². The molecule has 2 rings (SSSR count). The number of pyridine rings is 1. The molecule has 78 valence electrons. The van der Waals surface area contributed by atoms with E-state index in [0.717, 1.165) is 15.9 Å². The van der Waals surface area contributed by atoms with E-state index in [1.165, 1.54) is 0 Å². The molecular weight excluding hydrogens is 256 g/mol. The fraction of sp³-hybridized carbons (Fsp3) is 0.200. The lowest BCUT2D eigenvalue weighted by Gasteiger charge is -2.05. The zero-order valence-corrected chi connectivity index (χ0v) is 9.85. The molecule has 0 aromatic carbocycles. The molecule has 0 bridgehead atoms. The van der Waals surface area contributed by atoms with Gasteiger partial charge in [0.15, 0.2) is 5.82 Å². The monoisotopic (exact) mass is 266 g/mol. The fourth-order valence-corrected chi connectivity index (χ4v) is 1.51. The van der Waals surface area contributed by atoms with Crippen molar-refractivity contribution in [2.75, 3.05) is 0 Å². The van der Waals surface area contributed by atoms with Crippen molar-refractivity contribution in [3.05, 3.63) is 40.8 Å². The van der Waals surface area contributed by atoms with Gasteiger partial charge >= 0.3 is 0 Å². The van der Waals surface area contributed by atoms with Gasteiger partial charge in [-0.15, -0.1) is 0 Å². The molecule has 4 nitrogen and oxygen atoms in total. The van der Waals surface area contributed by atoms with Crippen LogP contribution in [0.2, 0.25) is 0 Å². The summed E-state index contributed by atoms with van der Waals surface area (Å²) in [6.07, 6.45) is 5.35. The third-order valence-corrected chi connectivity index (χ3v) is 2.49. The van der Waals surface area contributed by atoms with E-state index in [9.17, 15) is 0 Å². The van der Waals surface area contributed by atoms with E-state index in [4.69, 9.17) is 5.73 Å². The van der Waals surface area contributed by atoms with Crippen molar-refractivity contribution in [1.29, 1.82) is 0 Å². The van der Waals surface area contributed by atoms with Crippen LogP contribution in [0.1, 0.15) is 18.5 Å². The Labute approximate surface area is 96.3 Å². The SMILES string of the molecule is C[C@H](N)c1ccc(-n2cc(Br)cn2)nc1. The highest BCUT2D eigenvalue weighted by Crippen LogP contribution is 2.13. The van der Waals surface area contributed by atoms with E-state index in [2.05, 4.69) is 26.0 Å². The highest BCUT2D eigenvalue weighted by Gasteiger charge is 2.02. The first-order valence-corrected chi connectivity index (χ1v) is 5.38. The van der Waals surface area contributed by atoms with Gasteiger partial charge in [0.1, 0.15) is 0 Å². The van der Waals surface area contributed by atoms with Gasteiger partial charge in [0.25, 0.3) is 0 Å². The first-order chi connectivity index (χ1) is 7.16. The summed E-state index contributed by atoms with van der Waals surface area (Å²) >= 11 is 3.34. The molecule has 2 N–H and O–H groups in total. The molecule has 15 heavy (non-hydrogen) atoms. The number of hydrogen-bond donors (Lipinski definition) is 1. The molecule has 0 unspecified atom stereocenters. The Hall–Kier alpha value is -1.20. The summed E-state index contributed by atoms with van der Waals surface area (Å²) in [6, 6.07) is 3.87. The fourth-order valence-electron chi connectivity index (χ4n) is 1.23. The predicted octanol–water partition coefficient (Wildman–Crippen LogP) is 2.05. The van der Waals surface area contributed by atoms with Crippen molar-refractivity contribution in [2.24, 2.45) is 5.73 Å². The molecule has 5 heteroatoms. The molecule has 0 saturated carbocycles. The van der Waals surface area contributed by atoms with Gasteiger partial charge in [-0.25, -0.2) is 9.67 Å². The molecule has 2 heterocycles. The lowest BCUT2D eigenvalue weighted by atomic mass is 10.2. The van der Waals surface area contributed by atoms with Crippen molar-refractivity contribution in [2.45, 2.75) is 13.0 Å². The Morgan fingerprint density at radius 2 is 2.20 bits per heavy atom. The maximum absolute atomic E-state index is 5.74. The van der Waals surface area contributed by atoms with Gasteiger partial charge in [-0.2, -0.15) is 5.10 Å². The second-order valence-electron chi connectivity index (χ2n) is 3.34. The molecule has 1 atom stereocenters. The lowest BCUT2D eigenvalue weighted by Crippen LogP contribution is -2.06. The van der Waals surface area contributed by atoms with E-state index in [-0.39, 0.29) is 6.04 Å². The first kappa shape index (κ1) is 10.3. The quantitative estimate of drug-likeness (QED) is 0.905. The van der Waals surface area contributed by atoms with Gasteiger partial charge in [-0.05, 0) is 34.5 Å². The molecule has 0 aliphatic heterocycles. The Morgan fingerprint density at radius 3 is 2.67 bits per heavy atom. The highest BCUT2D eigenvalue weighted by molar-refractivity contribution is 9.10. The molecule has 0 fully saturated rings. The summed E-state index contributed by atoms with van der Waals surface area (Å²) in [5.41, 5.74) is 6.76. The van der Waals surface area contributed by atoms with E-state index < -0.39 is 0 Å². The number of nitrogens with two attached hydrogens (primary N) is 1. The summed E-state index contributed by atoms with van der Waals surface area (Å²) in [5.74, 6) is 0.783. The minimum Gasteiger partial charge on any atom is -0.324 e. The standard InChI is InChI=1S/C10H11BrN4/c1-7(12)8-2-3-10(13-4-8)15-6-9(11)5-14-15/h2-7H,12H2,1H3/t7-/m0/s1. The van der Waals surface area contributed by atoms with Crippen molar-refractivity contribution in [1.82, 2.24) is 14.8 Å². The van der Waals surface area contributed by atoms with Crippen LogP contribution in [0.5, 0.6) is 0 Å². The van der Waals surface area contributed by atoms with Crippen LogP contribution < -0.4 is 5.73 Å². The molecule has 0 radical (unpaired) electrons. The van der Waals surface area contributed by atoms with Crippen LogP contribution in [0.25, 0.3) is 5.82 Å². The Balaban J connectivity index is 2.31. The van der Waals surface area contributed by atoms with Gasteiger partial charge in [0, 0.05) is 18.4 Å². The second kappa shape index (κ2) is 4.12. The summed E-state index contributed by atoms with van der Waals surface area (Å²) < 4.78 is 2.63. The van der Waals surface area contributed by atoms with Crippen LogP contribution in [-0.4, -0.2) is 14.8 Å². The number of nitrogens with zero attached hydrogens (tertiary/aromatic N) is 3. The molecule has 2 aromatic rings. The minimum absolute atomic E-state index is 0.0101. The van der Waals surface area contributed by atoms with Gasteiger partial charge in [0.2, 0.25) is 0 Å². The van der Waals surface area contributed by atoms with E-state index >= 15 is 0 Å². The smallest absolute Gasteiger partial charge is 0.153 e. The maximum Gasteiger partial charge on any atom is 0.153 e. The summed E-state index contributed by atoms with van der Waals surface area (Å²) in [7, 11) is 0. The number of aromatic nitrogens is 3. The second-order valence-corrected chi connectivity index (χ2v) is 4.26. The lowest BCUT2D eigenvalue weighted by molar-refractivity contribution is 0.797. The van der Waals surface area contributed by atoms with Gasteiger partial charge in [-0.1, -0.05) is 6.07 Å². The van der Waals surface area contributed by atoms with Gasteiger partial charge < -0.3 is 5.73 Å². The Kier molecular flexibility index (Phi) is 2.83. The molecule has 0 aliphatic rings. The van der Waals surface area contributed by atoms with E-state index in [1.54, 1.807) is 17.1 Å². The van der Waals surface area contributed by atoms with Crippen LogP contribution >= 0.6 is 15.9 Å². The van der Waals surface area contributed by atoms with Crippen LogP contribution in [0.15, 0.2) is 35.2 Å². The van der Waals surface area contributed by atoms with Crippen LogP contribution in [0.3, 0.4) is 0 Å². The zero-order valence-electron chi connectivity index (χ0n) is 8.26. The minimum atomic E-state index is 0.0101. The van der Waals surface area contributed by atoms with Crippen molar-refractivity contribution >= 4 is 15.9 Å². The van der Waals surface area contributed by atoms with Gasteiger partial charge in [-0.3, -0.25) is 0 Å². The summed E-state index contributed by atoms with van der Waals surface area (Å²) in [5, 5.41) is 4.14. The average Bonchev–Trinajstić information content (AvgIpc) is 2.65. The number of halogens is 1. The van der Waals surface area contributed by atoms with E-state index in [0.29, 0.717) is 0 Å². The van der Waals surface area contributed by atoms with Crippen LogP contribution in [0.4, 0.5) is 0 Å². The Morgan fingerprint density at radius 1 is 1.40 bits per heavy atom. The average molecular weight is 267 g/mol. The molecule has 0 saturated heterocycles. The van der Waals surface area contributed by atoms with E-state index in [1.807, 2.05) is 25.3 Å². The van der Waals surface area contributed by atoms with Gasteiger partial charge in [0.05, 0.1) is 10.7 Å². The first-order valence-electron chi connectivity index (χ1n) is 4.59. The number of hydrogen-bond acceptors (Lipinski definition) is 3. The topological polar surface area (TPSA) is 56.7 Å². The summed E-state index contributed by atoms with van der Waals surface area (Å²) in [6.45, 7) is 1.93. The van der Waals surface area contributed by atoms with Crippen molar-refractivity contribution in [3.63, 3.8) is 0 Å². The molecular formula is C10H11BrN4. The van der Waals surface area contributed by atoms with Crippen molar-refractivity contribution in [3.8, 4) is 5.82 Å². The molecule has 0 aliphatic carbocycles. The zero-order chi connectivity index (χ0) is 10.8. The normalized spacial score (nSPS) is 12.7. The molecule has 0 amide bonds. The third kappa shape index (κ3) is 2.24. The maximum atomic E-state index is 5.74. The molecule has 0 spiro atoms. The molecule has 2 aromatic heterocycles. The number of rotatable bonds is 2. The largest absolute Gasteiger partial charge is 0.324 e. The van der Waals surface area contributed by atoms with Crippen LogP contribution in [-0.2, 0) is 0 Å². The third-order valence-electron chi connectivity index (χ3n) is 2.08.